The van der Waals surface area contributed by atoms with Crippen LogP contribution >= 0.6 is 23.2 Å². The van der Waals surface area contributed by atoms with Crippen molar-refractivity contribution >= 4 is 29.1 Å². The molecule has 1 aromatic carbocycles. The average molecular weight is 361 g/mol. The third kappa shape index (κ3) is 3.58. The predicted octanol–water partition coefficient (Wildman–Crippen LogP) is 3.72. The van der Waals surface area contributed by atoms with Gasteiger partial charge in [-0.05, 0) is 29.8 Å². The molecule has 0 atom stereocenters. The number of hydrogen-bond donors (Lipinski definition) is 1. The summed E-state index contributed by atoms with van der Waals surface area (Å²) in [6, 6.07) is 10.7. The van der Waals surface area contributed by atoms with Crippen molar-refractivity contribution in [3.8, 4) is 11.3 Å². The molecule has 0 saturated carbocycles. The van der Waals surface area contributed by atoms with Gasteiger partial charge in [0.2, 0.25) is 0 Å². The van der Waals surface area contributed by atoms with E-state index in [-0.39, 0.29) is 5.91 Å². The van der Waals surface area contributed by atoms with Crippen LogP contribution in [0.1, 0.15) is 16.1 Å². The van der Waals surface area contributed by atoms with Crippen LogP contribution in [-0.4, -0.2) is 20.7 Å². The van der Waals surface area contributed by atoms with Crippen LogP contribution in [0.3, 0.4) is 0 Å². The third-order valence-electron chi connectivity index (χ3n) is 3.50. The molecule has 0 fully saturated rings. The van der Waals surface area contributed by atoms with Crippen LogP contribution in [0, 0.1) is 0 Å². The van der Waals surface area contributed by atoms with Crippen LogP contribution in [0.5, 0.6) is 0 Å². The molecule has 0 saturated heterocycles. The van der Waals surface area contributed by atoms with Gasteiger partial charge in [-0.25, -0.2) is 0 Å². The maximum Gasteiger partial charge on any atom is 0.272 e. The number of nitrogens with one attached hydrogen (secondary N) is 1. The first-order valence-electron chi connectivity index (χ1n) is 7.21. The van der Waals surface area contributed by atoms with Gasteiger partial charge in [-0.3, -0.25) is 14.5 Å². The van der Waals surface area contributed by atoms with Gasteiger partial charge >= 0.3 is 0 Å². The lowest BCUT2D eigenvalue weighted by Gasteiger charge is -2.03. The van der Waals surface area contributed by atoms with E-state index in [1.807, 2.05) is 18.2 Å². The molecule has 0 aliphatic rings. The topological polar surface area (TPSA) is 59.8 Å². The van der Waals surface area contributed by atoms with E-state index in [9.17, 15) is 4.79 Å². The molecule has 3 rings (SSSR count). The molecule has 24 heavy (non-hydrogen) atoms. The van der Waals surface area contributed by atoms with Crippen LogP contribution < -0.4 is 5.32 Å². The van der Waals surface area contributed by atoms with Crippen molar-refractivity contribution in [3.63, 3.8) is 0 Å². The number of amides is 1. The molecule has 1 amide bonds. The van der Waals surface area contributed by atoms with Crippen LogP contribution in [0.15, 0.2) is 48.8 Å². The Bertz CT molecular complexity index is 878. The molecule has 122 valence electrons. The van der Waals surface area contributed by atoms with Crippen molar-refractivity contribution in [2.75, 3.05) is 0 Å². The molecule has 0 aliphatic carbocycles. The zero-order chi connectivity index (χ0) is 17.1. The zero-order valence-electron chi connectivity index (χ0n) is 12.8. The van der Waals surface area contributed by atoms with Gasteiger partial charge in [0.05, 0.1) is 15.7 Å². The molecule has 3 aromatic rings. The van der Waals surface area contributed by atoms with Gasteiger partial charge in [0, 0.05) is 31.5 Å². The largest absolute Gasteiger partial charge is 0.347 e. The summed E-state index contributed by atoms with van der Waals surface area (Å²) in [4.78, 5) is 16.3. The van der Waals surface area contributed by atoms with Gasteiger partial charge in [0.25, 0.3) is 5.91 Å². The molecule has 0 spiro atoms. The number of halogens is 2. The maximum atomic E-state index is 12.3. The summed E-state index contributed by atoms with van der Waals surface area (Å²) in [5, 5.41) is 8.03. The fourth-order valence-electron chi connectivity index (χ4n) is 2.28. The van der Waals surface area contributed by atoms with Crippen LogP contribution in [0.2, 0.25) is 10.0 Å². The zero-order valence-corrected chi connectivity index (χ0v) is 14.3. The molecule has 7 heteroatoms. The standard InChI is InChI=1S/C17H14Cl2N4O/c1-23-16(12-4-5-13(18)14(19)7-12)8-15(22-23)17(24)21-10-11-3-2-6-20-9-11/h2-9H,10H2,1H3,(H,21,24). The second kappa shape index (κ2) is 7.03. The number of benzene rings is 1. The average Bonchev–Trinajstić information content (AvgIpc) is 2.98. The molecule has 2 aromatic heterocycles. The Morgan fingerprint density at radius 1 is 1.21 bits per heavy atom. The number of aryl methyl sites for hydroxylation is 1. The molecule has 1 N–H and O–H groups in total. The van der Waals surface area contributed by atoms with Gasteiger partial charge in [0.1, 0.15) is 0 Å². The number of nitrogens with zero attached hydrogens (tertiary/aromatic N) is 3. The quantitative estimate of drug-likeness (QED) is 0.771. The summed E-state index contributed by atoms with van der Waals surface area (Å²) in [5.41, 5.74) is 2.87. The highest BCUT2D eigenvalue weighted by atomic mass is 35.5. The number of pyridine rings is 1. The van der Waals surface area contributed by atoms with E-state index in [1.54, 1.807) is 42.3 Å². The first kappa shape index (κ1) is 16.5. The lowest BCUT2D eigenvalue weighted by molar-refractivity contribution is 0.0945. The molecule has 5 nitrogen and oxygen atoms in total. The second-order valence-corrected chi connectivity index (χ2v) is 6.03. The Morgan fingerprint density at radius 3 is 2.75 bits per heavy atom. The highest BCUT2D eigenvalue weighted by Crippen LogP contribution is 2.28. The fraction of sp³-hybridized carbons (Fsp3) is 0.118. The second-order valence-electron chi connectivity index (χ2n) is 5.21. The van der Waals surface area contributed by atoms with Gasteiger partial charge in [-0.15, -0.1) is 0 Å². The molecule has 0 radical (unpaired) electrons. The SMILES string of the molecule is Cn1nc(C(=O)NCc2cccnc2)cc1-c1ccc(Cl)c(Cl)c1. The number of aromatic nitrogens is 3. The van der Waals surface area contributed by atoms with Crippen molar-refractivity contribution in [2.24, 2.45) is 7.05 Å². The number of carbonyl (C=O) groups excluding carboxylic acids is 1. The van der Waals surface area contributed by atoms with E-state index in [1.165, 1.54) is 0 Å². The summed E-state index contributed by atoms with van der Waals surface area (Å²) in [5.74, 6) is -0.249. The normalized spacial score (nSPS) is 10.6. The Hall–Kier alpha value is -2.37. The lowest BCUT2D eigenvalue weighted by atomic mass is 10.1. The molecule has 2 heterocycles. The van der Waals surface area contributed by atoms with E-state index in [4.69, 9.17) is 23.2 Å². The van der Waals surface area contributed by atoms with Gasteiger partial charge in [-0.2, -0.15) is 5.10 Å². The summed E-state index contributed by atoms with van der Waals surface area (Å²) in [7, 11) is 1.77. The highest BCUT2D eigenvalue weighted by Gasteiger charge is 2.14. The van der Waals surface area contributed by atoms with Crippen molar-refractivity contribution in [3.05, 3.63) is 70.1 Å². The van der Waals surface area contributed by atoms with Crippen molar-refractivity contribution in [1.82, 2.24) is 20.1 Å². The fourth-order valence-corrected chi connectivity index (χ4v) is 2.58. The summed E-state index contributed by atoms with van der Waals surface area (Å²) in [6.07, 6.45) is 3.40. The van der Waals surface area contributed by atoms with Crippen molar-refractivity contribution in [1.29, 1.82) is 0 Å². The summed E-state index contributed by atoms with van der Waals surface area (Å²) < 4.78 is 1.64. The molecular weight excluding hydrogens is 347 g/mol. The Morgan fingerprint density at radius 2 is 2.04 bits per heavy atom. The Labute approximate surface area is 149 Å². The Kier molecular flexibility index (Phi) is 4.83. The van der Waals surface area contributed by atoms with E-state index >= 15 is 0 Å². The van der Waals surface area contributed by atoms with E-state index in [0.717, 1.165) is 16.8 Å². The van der Waals surface area contributed by atoms with E-state index in [0.29, 0.717) is 22.3 Å². The van der Waals surface area contributed by atoms with Gasteiger partial charge in [-0.1, -0.05) is 35.3 Å². The molecule has 0 bridgehead atoms. The smallest absolute Gasteiger partial charge is 0.272 e. The number of rotatable bonds is 4. The van der Waals surface area contributed by atoms with E-state index < -0.39 is 0 Å². The van der Waals surface area contributed by atoms with Gasteiger partial charge in [0.15, 0.2) is 5.69 Å². The highest BCUT2D eigenvalue weighted by molar-refractivity contribution is 6.42. The minimum absolute atomic E-state index is 0.249. The minimum Gasteiger partial charge on any atom is -0.347 e. The predicted molar refractivity (Wildman–Crippen MR) is 94.1 cm³/mol. The van der Waals surface area contributed by atoms with Gasteiger partial charge < -0.3 is 5.32 Å². The number of hydrogen-bond acceptors (Lipinski definition) is 3. The molecule has 0 aliphatic heterocycles. The lowest BCUT2D eigenvalue weighted by Crippen LogP contribution is -2.23. The third-order valence-corrected chi connectivity index (χ3v) is 4.24. The van der Waals surface area contributed by atoms with Crippen molar-refractivity contribution in [2.45, 2.75) is 6.54 Å². The van der Waals surface area contributed by atoms with Crippen molar-refractivity contribution < 1.29 is 4.79 Å². The van der Waals surface area contributed by atoms with E-state index in [2.05, 4.69) is 15.4 Å². The maximum absolute atomic E-state index is 12.3. The molecule has 0 unspecified atom stereocenters. The first-order chi connectivity index (χ1) is 11.5. The minimum atomic E-state index is -0.249. The Balaban J connectivity index is 1.78. The summed E-state index contributed by atoms with van der Waals surface area (Å²) in [6.45, 7) is 0.394. The van der Waals surface area contributed by atoms with Crippen LogP contribution in [-0.2, 0) is 13.6 Å². The number of carbonyl (C=O) groups is 1. The van der Waals surface area contributed by atoms with Crippen LogP contribution in [0.25, 0.3) is 11.3 Å². The summed E-state index contributed by atoms with van der Waals surface area (Å²) >= 11 is 12.0. The monoisotopic (exact) mass is 360 g/mol. The first-order valence-corrected chi connectivity index (χ1v) is 7.97. The molecular formula is C17H14Cl2N4O. The van der Waals surface area contributed by atoms with Crippen LogP contribution in [0.4, 0.5) is 0 Å².